The van der Waals surface area contributed by atoms with E-state index < -0.39 is 11.6 Å². The van der Waals surface area contributed by atoms with E-state index in [-0.39, 0.29) is 6.04 Å². The minimum Gasteiger partial charge on any atom is -0.310 e. The number of benzene rings is 1. The van der Waals surface area contributed by atoms with Gasteiger partial charge in [0, 0.05) is 12.1 Å². The van der Waals surface area contributed by atoms with Crippen molar-refractivity contribution in [2.24, 2.45) is 5.92 Å². The molecule has 1 N–H and O–H groups in total. The van der Waals surface area contributed by atoms with Crippen molar-refractivity contribution in [2.45, 2.75) is 33.2 Å². The van der Waals surface area contributed by atoms with Gasteiger partial charge < -0.3 is 5.32 Å². The van der Waals surface area contributed by atoms with E-state index in [1.807, 2.05) is 6.92 Å². The van der Waals surface area contributed by atoms with Crippen LogP contribution in [-0.4, -0.2) is 6.54 Å². The first-order valence-electron chi connectivity index (χ1n) is 5.68. The van der Waals surface area contributed by atoms with Crippen molar-refractivity contribution in [1.82, 2.24) is 5.32 Å². The van der Waals surface area contributed by atoms with Crippen LogP contribution < -0.4 is 5.32 Å². The largest absolute Gasteiger partial charge is 0.310 e. The van der Waals surface area contributed by atoms with Crippen molar-refractivity contribution in [2.75, 3.05) is 6.54 Å². The molecular weight excluding hydrogens is 208 g/mol. The van der Waals surface area contributed by atoms with E-state index in [1.165, 1.54) is 12.1 Å². The van der Waals surface area contributed by atoms with Crippen LogP contribution in [-0.2, 0) is 0 Å². The lowest BCUT2D eigenvalue weighted by molar-refractivity contribution is 0.492. The monoisotopic (exact) mass is 227 g/mol. The Bertz CT molecular complexity index is 316. The lowest BCUT2D eigenvalue weighted by atomic mass is 10.1. The maximum Gasteiger partial charge on any atom is 0.126 e. The van der Waals surface area contributed by atoms with Crippen molar-refractivity contribution in [1.29, 1.82) is 0 Å². The Morgan fingerprint density at radius 3 is 2.12 bits per heavy atom. The first-order valence-corrected chi connectivity index (χ1v) is 5.68. The fraction of sp³-hybridized carbons (Fsp3) is 0.538. The Kier molecular flexibility index (Phi) is 4.87. The molecule has 0 radical (unpaired) electrons. The van der Waals surface area contributed by atoms with E-state index in [0.717, 1.165) is 19.0 Å². The summed E-state index contributed by atoms with van der Waals surface area (Å²) >= 11 is 0. The molecule has 0 aliphatic rings. The van der Waals surface area contributed by atoms with E-state index in [9.17, 15) is 8.78 Å². The molecule has 1 unspecified atom stereocenters. The molecule has 0 fully saturated rings. The van der Waals surface area contributed by atoms with Crippen LogP contribution in [0.3, 0.4) is 0 Å². The minimum absolute atomic E-state index is 0.0241. The average Bonchev–Trinajstić information content (AvgIpc) is 2.15. The molecule has 1 aromatic carbocycles. The van der Waals surface area contributed by atoms with Gasteiger partial charge in [-0.05, 0) is 43.5 Å². The standard InChI is InChI=1S/C13H19F2N/c1-9(2)4-5-16-10(3)11-6-12(14)8-13(15)7-11/h6-10,16H,4-5H2,1-3H3. The Morgan fingerprint density at radius 2 is 1.62 bits per heavy atom. The molecule has 0 heterocycles. The zero-order valence-electron chi connectivity index (χ0n) is 10.1. The highest BCUT2D eigenvalue weighted by Crippen LogP contribution is 2.16. The summed E-state index contributed by atoms with van der Waals surface area (Å²) in [6, 6.07) is 3.61. The van der Waals surface area contributed by atoms with Gasteiger partial charge in [0.05, 0.1) is 0 Å². The third kappa shape index (κ3) is 4.27. The second kappa shape index (κ2) is 5.94. The van der Waals surface area contributed by atoms with Crippen molar-refractivity contribution >= 4 is 0 Å². The molecule has 0 aromatic heterocycles. The molecule has 1 rings (SSSR count). The van der Waals surface area contributed by atoms with E-state index in [2.05, 4.69) is 19.2 Å². The summed E-state index contributed by atoms with van der Waals surface area (Å²) in [4.78, 5) is 0. The predicted octanol–water partition coefficient (Wildman–Crippen LogP) is 3.66. The number of rotatable bonds is 5. The second-order valence-electron chi connectivity index (χ2n) is 4.56. The van der Waals surface area contributed by atoms with Gasteiger partial charge >= 0.3 is 0 Å². The Labute approximate surface area is 95.9 Å². The summed E-state index contributed by atoms with van der Waals surface area (Å²) < 4.78 is 25.9. The molecule has 0 aliphatic carbocycles. The Morgan fingerprint density at radius 1 is 1.06 bits per heavy atom. The number of hydrogen-bond donors (Lipinski definition) is 1. The molecule has 0 spiro atoms. The molecule has 0 aliphatic heterocycles. The average molecular weight is 227 g/mol. The van der Waals surface area contributed by atoms with E-state index in [1.54, 1.807) is 0 Å². The zero-order valence-corrected chi connectivity index (χ0v) is 10.1. The van der Waals surface area contributed by atoms with Gasteiger partial charge in [0.15, 0.2) is 0 Å². The highest BCUT2D eigenvalue weighted by atomic mass is 19.1. The van der Waals surface area contributed by atoms with Gasteiger partial charge in [0.25, 0.3) is 0 Å². The molecule has 1 nitrogen and oxygen atoms in total. The van der Waals surface area contributed by atoms with Gasteiger partial charge in [-0.25, -0.2) is 8.78 Å². The molecule has 0 saturated carbocycles. The normalized spacial score (nSPS) is 13.1. The van der Waals surface area contributed by atoms with Crippen molar-refractivity contribution in [3.63, 3.8) is 0 Å². The molecule has 16 heavy (non-hydrogen) atoms. The van der Waals surface area contributed by atoms with Crippen LogP contribution in [0, 0.1) is 17.6 Å². The third-order valence-electron chi connectivity index (χ3n) is 2.56. The van der Waals surface area contributed by atoms with Gasteiger partial charge in [-0.2, -0.15) is 0 Å². The summed E-state index contributed by atoms with van der Waals surface area (Å²) in [6.45, 7) is 7.06. The third-order valence-corrected chi connectivity index (χ3v) is 2.56. The molecular formula is C13H19F2N. The molecule has 3 heteroatoms. The van der Waals surface area contributed by atoms with Crippen molar-refractivity contribution in [3.8, 4) is 0 Å². The van der Waals surface area contributed by atoms with Gasteiger partial charge in [-0.3, -0.25) is 0 Å². The molecule has 0 saturated heterocycles. The van der Waals surface area contributed by atoms with Gasteiger partial charge in [0.2, 0.25) is 0 Å². The quantitative estimate of drug-likeness (QED) is 0.809. The smallest absolute Gasteiger partial charge is 0.126 e. The summed E-state index contributed by atoms with van der Waals surface area (Å²) in [6.07, 6.45) is 1.06. The highest BCUT2D eigenvalue weighted by Gasteiger charge is 2.08. The van der Waals surface area contributed by atoms with Crippen LogP contribution in [0.1, 0.15) is 38.8 Å². The number of halogens is 2. The summed E-state index contributed by atoms with van der Waals surface area (Å²) in [5.41, 5.74) is 0.654. The number of hydrogen-bond acceptors (Lipinski definition) is 1. The second-order valence-corrected chi connectivity index (χ2v) is 4.56. The van der Waals surface area contributed by atoms with Gasteiger partial charge in [0.1, 0.15) is 11.6 Å². The van der Waals surface area contributed by atoms with Crippen LogP contribution >= 0.6 is 0 Å². The van der Waals surface area contributed by atoms with E-state index >= 15 is 0 Å². The van der Waals surface area contributed by atoms with Crippen molar-refractivity contribution in [3.05, 3.63) is 35.4 Å². The van der Waals surface area contributed by atoms with Gasteiger partial charge in [-0.1, -0.05) is 13.8 Å². The van der Waals surface area contributed by atoms with Crippen LogP contribution in [0.4, 0.5) is 8.78 Å². The topological polar surface area (TPSA) is 12.0 Å². The fourth-order valence-corrected chi connectivity index (χ4v) is 1.53. The fourth-order valence-electron chi connectivity index (χ4n) is 1.53. The molecule has 1 atom stereocenters. The first kappa shape index (κ1) is 13.1. The van der Waals surface area contributed by atoms with Crippen LogP contribution in [0.5, 0.6) is 0 Å². The Balaban J connectivity index is 2.55. The molecule has 90 valence electrons. The molecule has 0 bridgehead atoms. The SMILES string of the molecule is CC(C)CCNC(C)c1cc(F)cc(F)c1. The van der Waals surface area contributed by atoms with Crippen LogP contribution in [0.2, 0.25) is 0 Å². The summed E-state index contributed by atoms with van der Waals surface area (Å²) in [7, 11) is 0. The predicted molar refractivity (Wildman–Crippen MR) is 62.2 cm³/mol. The van der Waals surface area contributed by atoms with Gasteiger partial charge in [-0.15, -0.1) is 0 Å². The van der Waals surface area contributed by atoms with Crippen LogP contribution in [0.25, 0.3) is 0 Å². The summed E-state index contributed by atoms with van der Waals surface area (Å²) in [5, 5.41) is 3.25. The van der Waals surface area contributed by atoms with Crippen molar-refractivity contribution < 1.29 is 8.78 Å². The van der Waals surface area contributed by atoms with E-state index in [4.69, 9.17) is 0 Å². The Hall–Kier alpha value is -0.960. The maximum absolute atomic E-state index is 13.0. The van der Waals surface area contributed by atoms with Crippen LogP contribution in [0.15, 0.2) is 18.2 Å². The lowest BCUT2D eigenvalue weighted by Crippen LogP contribution is -2.21. The van der Waals surface area contributed by atoms with E-state index in [0.29, 0.717) is 11.5 Å². The first-order chi connectivity index (χ1) is 7.49. The zero-order chi connectivity index (χ0) is 12.1. The minimum atomic E-state index is -0.521. The molecule has 0 amide bonds. The highest BCUT2D eigenvalue weighted by molar-refractivity contribution is 5.20. The molecule has 1 aromatic rings. The maximum atomic E-state index is 13.0. The lowest BCUT2D eigenvalue weighted by Gasteiger charge is -2.15. The number of nitrogens with one attached hydrogen (secondary N) is 1. The summed E-state index contributed by atoms with van der Waals surface area (Å²) in [5.74, 6) is -0.413.